The quantitative estimate of drug-likeness (QED) is 0.0713. The van der Waals surface area contributed by atoms with E-state index in [0.717, 1.165) is 87.8 Å². The lowest BCUT2D eigenvalue weighted by atomic mass is 9.93. The second-order valence-corrected chi connectivity index (χ2v) is 46.4. The largest absolute Gasteiger partial charge is 0.455 e. The third-order valence-electron chi connectivity index (χ3n) is 23.1. The maximum absolute atomic E-state index is 7.37. The van der Waals surface area contributed by atoms with E-state index >= 15 is 0 Å². The lowest BCUT2D eigenvalue weighted by Gasteiger charge is -2.25. The summed E-state index contributed by atoms with van der Waals surface area (Å²) in [5.74, 6) is 2.72. The monoisotopic (exact) mass is 1600 g/mol. The summed E-state index contributed by atoms with van der Waals surface area (Å²) in [6, 6.07) is 109. The molecule has 2 heterocycles. The van der Waals surface area contributed by atoms with Crippen LogP contribution >= 0.6 is 28.2 Å². The fraction of sp³-hybridized carbons (Fsp3) is 0.264. The van der Waals surface area contributed by atoms with Crippen LogP contribution < -0.4 is 42.4 Å². The van der Waals surface area contributed by atoms with Gasteiger partial charge in [0.05, 0.1) is 22.7 Å². The van der Waals surface area contributed by atoms with Gasteiger partial charge in [0.2, 0.25) is 0 Å². The summed E-state index contributed by atoms with van der Waals surface area (Å²) in [5, 5.41) is 14.1. The van der Waals surface area contributed by atoms with Crippen molar-refractivity contribution < 1.29 is 8.83 Å². The molecule has 2 aromatic heterocycles. The van der Waals surface area contributed by atoms with Gasteiger partial charge in [-0.15, -0.1) is 0 Å². The van der Waals surface area contributed by atoms with Crippen molar-refractivity contribution >= 4 is 137 Å². The second kappa shape index (κ2) is 36.1. The van der Waals surface area contributed by atoms with Gasteiger partial charge < -0.3 is 8.83 Å². The molecule has 0 amide bonds. The molecule has 0 aliphatic heterocycles. The fourth-order valence-corrected chi connectivity index (χ4v) is 27.8. The molecule has 6 nitrogen and oxygen atoms in total. The summed E-state index contributed by atoms with van der Waals surface area (Å²) in [7, 11) is -9.67. The van der Waals surface area contributed by atoms with E-state index in [2.05, 4.69) is 404 Å². The maximum Gasteiger partial charge on any atom is 0.144 e. The Labute approximate surface area is 693 Å². The molecule has 0 radical (unpaired) electrons. The number of hydrogen-bond acceptors (Lipinski definition) is 6. The van der Waals surface area contributed by atoms with Gasteiger partial charge in [-0.1, -0.05) is 390 Å². The van der Waals surface area contributed by atoms with Crippen molar-refractivity contribution in [3.8, 4) is 0 Å². The highest BCUT2D eigenvalue weighted by Crippen LogP contribution is 2.58. The molecule has 0 aliphatic rings. The van der Waals surface area contributed by atoms with Gasteiger partial charge in [0.25, 0.3) is 0 Å². The summed E-state index contributed by atoms with van der Waals surface area (Å²) in [6.07, 6.45) is 0. The predicted octanol–water partition coefficient (Wildman–Crippen LogP) is 30.3. The van der Waals surface area contributed by atoms with Crippen LogP contribution in [0.5, 0.6) is 0 Å². The normalized spacial score (nSPS) is 13.9. The summed E-state index contributed by atoms with van der Waals surface area (Å²) in [4.78, 5) is 0. The SMILES string of the molecule is CC(C)c1cccc(C(C)C)c1N=[P@@](C)(c1ccccc1)c1cccc2c1oc1c([P@@](C)(=Nc3c(C(C)C)cccc3C(C)C)c3ccccc3)cccc12.CC(C)c1cccc(C(C)C)c1N=[P@](C)(c1ccccc1)c1cccc2c1oc1c([P@](C)(=Nc3c(C(C)C)cccc3C(C)C)c3ccccc3)cccc12.c1ccccc1. The molecule has 116 heavy (non-hydrogen) atoms. The highest BCUT2D eigenvalue weighted by molar-refractivity contribution is 7.82. The first-order valence-corrected chi connectivity index (χ1v) is 50.5. The Bertz CT molecular complexity index is 5350. The molecule has 0 bridgehead atoms. The molecule has 15 aromatic rings. The van der Waals surface area contributed by atoms with E-state index in [1.54, 1.807) is 0 Å². The van der Waals surface area contributed by atoms with Crippen molar-refractivity contribution in [1.82, 2.24) is 0 Å². The minimum absolute atomic E-state index is 0.339. The van der Waals surface area contributed by atoms with E-state index in [9.17, 15) is 0 Å². The lowest BCUT2D eigenvalue weighted by Crippen LogP contribution is -2.16. The van der Waals surface area contributed by atoms with Gasteiger partial charge >= 0.3 is 0 Å². The minimum atomic E-state index is -2.42. The molecule has 10 heteroatoms. The Morgan fingerprint density at radius 2 is 0.328 bits per heavy atom. The average Bonchev–Trinajstić information content (AvgIpc) is 1.56. The van der Waals surface area contributed by atoms with Gasteiger partial charge in [0, 0.05) is 71.0 Å². The number of para-hydroxylation sites is 4. The fourth-order valence-electron chi connectivity index (χ4n) is 16.5. The van der Waals surface area contributed by atoms with Crippen LogP contribution in [-0.4, -0.2) is 26.7 Å². The van der Waals surface area contributed by atoms with E-state index in [1.807, 2.05) is 36.4 Å². The molecule has 0 saturated heterocycles. The molecule has 0 N–H and O–H groups in total. The van der Waals surface area contributed by atoms with Crippen LogP contribution in [0.4, 0.5) is 22.7 Å². The Balaban J connectivity index is 0.000000188. The van der Waals surface area contributed by atoms with E-state index in [0.29, 0.717) is 47.3 Å². The maximum atomic E-state index is 7.37. The topological polar surface area (TPSA) is 75.7 Å². The van der Waals surface area contributed by atoms with Crippen LogP contribution in [-0.2, 0) is 0 Å². The third-order valence-corrected chi connectivity index (χ3v) is 35.9. The summed E-state index contributed by atoms with van der Waals surface area (Å²) in [6.45, 7) is 45.9. The Morgan fingerprint density at radius 3 is 0.483 bits per heavy atom. The molecule has 0 spiro atoms. The Morgan fingerprint density at radius 1 is 0.181 bits per heavy atom. The average molecular weight is 1600 g/mol. The number of hydrogen-bond donors (Lipinski definition) is 0. The second-order valence-electron chi connectivity index (χ2n) is 33.9. The molecule has 15 rings (SSSR count). The number of fused-ring (bicyclic) bond motifs is 6. The molecule has 0 aliphatic carbocycles. The summed E-state index contributed by atoms with van der Waals surface area (Å²) < 4.78 is 38.6. The predicted molar refractivity (Wildman–Crippen MR) is 515 cm³/mol. The molecule has 0 saturated carbocycles. The molecular formula is C106H118N4O2P4. The van der Waals surface area contributed by atoms with Gasteiger partial charge in [-0.3, -0.25) is 19.0 Å². The number of benzene rings is 13. The summed E-state index contributed by atoms with van der Waals surface area (Å²) in [5.41, 5.74) is 18.6. The molecule has 0 fully saturated rings. The van der Waals surface area contributed by atoms with Crippen LogP contribution in [0.2, 0.25) is 0 Å². The first-order chi connectivity index (χ1) is 55.7. The van der Waals surface area contributed by atoms with Crippen molar-refractivity contribution in [2.75, 3.05) is 26.7 Å². The van der Waals surface area contributed by atoms with Crippen LogP contribution in [0.1, 0.15) is 203 Å². The van der Waals surface area contributed by atoms with Gasteiger partial charge in [-0.05, 0) is 164 Å². The smallest absolute Gasteiger partial charge is 0.144 e. The first-order valence-electron chi connectivity index (χ1n) is 41.7. The van der Waals surface area contributed by atoms with E-state index in [4.69, 9.17) is 27.8 Å². The van der Waals surface area contributed by atoms with Crippen LogP contribution in [0.3, 0.4) is 0 Å². The van der Waals surface area contributed by atoms with E-state index in [1.165, 1.54) is 65.7 Å². The molecule has 594 valence electrons. The zero-order valence-corrected chi connectivity index (χ0v) is 75.5. The summed E-state index contributed by atoms with van der Waals surface area (Å²) >= 11 is 0. The highest BCUT2D eigenvalue weighted by atomic mass is 31.2. The van der Waals surface area contributed by atoms with Crippen molar-refractivity contribution in [3.05, 3.63) is 348 Å². The van der Waals surface area contributed by atoms with Crippen LogP contribution in [0.25, 0.3) is 43.9 Å². The lowest BCUT2D eigenvalue weighted by molar-refractivity contribution is 0.674. The van der Waals surface area contributed by atoms with Crippen molar-refractivity contribution in [3.63, 3.8) is 0 Å². The van der Waals surface area contributed by atoms with Gasteiger partial charge in [0.1, 0.15) is 22.3 Å². The number of furan rings is 2. The van der Waals surface area contributed by atoms with Gasteiger partial charge in [0.15, 0.2) is 0 Å². The number of rotatable bonds is 20. The first kappa shape index (κ1) is 84.3. The van der Waals surface area contributed by atoms with Crippen LogP contribution in [0.15, 0.2) is 331 Å². The van der Waals surface area contributed by atoms with Crippen molar-refractivity contribution in [2.45, 2.75) is 158 Å². The van der Waals surface area contributed by atoms with E-state index < -0.39 is 28.2 Å². The Hall–Kier alpha value is -9.62. The molecule has 0 unspecified atom stereocenters. The standard InChI is InChI=1S/2C50H56N2OP2.C6H6/c2*1-33(2)39-25-17-26-40(34(3)4)47(39)51-54(9,37-21-13-11-14-22-37)45-31-19-29-43-44-30-20-32-46(50(44)53-49(43)45)55(10,38-23-15-12-16-24-38)52-48-41(35(5)6)27-18-28-42(48)36(7)8;1-2-4-6-5-3-1/h2*11-36H,1-10H3;1-6H/t2*54-,55-;/m10./s1. The molecule has 13 aromatic carbocycles. The van der Waals surface area contributed by atoms with E-state index in [-0.39, 0.29) is 0 Å². The molecular weight excluding hydrogens is 1490 g/mol. The zero-order chi connectivity index (χ0) is 82.4. The van der Waals surface area contributed by atoms with Crippen molar-refractivity contribution in [2.24, 2.45) is 19.0 Å². The van der Waals surface area contributed by atoms with Gasteiger partial charge in [-0.25, -0.2) is 0 Å². The molecule has 4 atom stereocenters. The van der Waals surface area contributed by atoms with Crippen LogP contribution in [0, 0.1) is 0 Å². The minimum Gasteiger partial charge on any atom is -0.455 e. The number of nitrogens with zero attached hydrogens (tertiary/aromatic N) is 4. The van der Waals surface area contributed by atoms with Crippen molar-refractivity contribution in [1.29, 1.82) is 0 Å². The zero-order valence-electron chi connectivity index (χ0n) is 71.9. The Kier molecular flexibility index (Phi) is 26.2. The third kappa shape index (κ3) is 17.0. The highest BCUT2D eigenvalue weighted by Gasteiger charge is 2.34. The van der Waals surface area contributed by atoms with Gasteiger partial charge in [-0.2, -0.15) is 0 Å².